The molecule has 0 bridgehead atoms. The highest BCUT2D eigenvalue weighted by Gasteiger charge is 2.45. The van der Waals surface area contributed by atoms with Crippen molar-refractivity contribution in [2.45, 2.75) is 23.1 Å². The van der Waals surface area contributed by atoms with Gasteiger partial charge in [0.1, 0.15) is 0 Å². The second-order valence-electron chi connectivity index (χ2n) is 5.54. The van der Waals surface area contributed by atoms with Crippen molar-refractivity contribution in [2.75, 3.05) is 25.2 Å². The lowest BCUT2D eigenvalue weighted by Gasteiger charge is -2.19. The Morgan fingerprint density at radius 1 is 1.26 bits per heavy atom. The van der Waals surface area contributed by atoms with Gasteiger partial charge in [-0.05, 0) is 19.1 Å². The zero-order valence-electron chi connectivity index (χ0n) is 12.9. The van der Waals surface area contributed by atoms with Crippen molar-refractivity contribution < 1.29 is 26.4 Å². The summed E-state index contributed by atoms with van der Waals surface area (Å²) in [6.07, 6.45) is 0. The molecule has 2 rings (SSSR count). The average molecular weight is 361 g/mol. The maximum atomic E-state index is 12.7. The number of nitrogens with one attached hydrogen (secondary N) is 1. The Labute approximate surface area is 135 Å². The standard InChI is InChI=1S/C14H19NO6S2/c1-10-3-5-11(6-4-10)23(19,20)13-9-22(17,18)8-12(13)15-7-14(16)21-2/h3-6,12-13,15H,7-9H2,1-2H3/t12-,13-/m0/s1. The van der Waals surface area contributed by atoms with Crippen LogP contribution >= 0.6 is 0 Å². The van der Waals surface area contributed by atoms with Crippen LogP contribution in [0.2, 0.25) is 0 Å². The van der Waals surface area contributed by atoms with Gasteiger partial charge in [-0.3, -0.25) is 4.79 Å². The Kier molecular flexibility index (Phi) is 5.12. The van der Waals surface area contributed by atoms with E-state index in [1.165, 1.54) is 19.2 Å². The van der Waals surface area contributed by atoms with Crippen LogP contribution in [0.15, 0.2) is 29.2 Å². The predicted octanol–water partition coefficient (Wildman–Crippen LogP) is -0.303. The van der Waals surface area contributed by atoms with Gasteiger partial charge in [0.15, 0.2) is 19.7 Å². The SMILES string of the molecule is COC(=O)CN[C@H]1CS(=O)(=O)C[C@@H]1S(=O)(=O)c1ccc(C)cc1. The Hall–Kier alpha value is -1.45. The molecule has 0 saturated carbocycles. The molecule has 23 heavy (non-hydrogen) atoms. The predicted molar refractivity (Wildman–Crippen MR) is 84.6 cm³/mol. The van der Waals surface area contributed by atoms with Crippen molar-refractivity contribution in [2.24, 2.45) is 0 Å². The van der Waals surface area contributed by atoms with E-state index < -0.39 is 42.7 Å². The van der Waals surface area contributed by atoms with Crippen LogP contribution in [0.5, 0.6) is 0 Å². The summed E-state index contributed by atoms with van der Waals surface area (Å²) in [7, 11) is -6.11. The first kappa shape index (κ1) is 17.9. The topological polar surface area (TPSA) is 107 Å². The summed E-state index contributed by atoms with van der Waals surface area (Å²) in [6.45, 7) is 1.59. The van der Waals surface area contributed by atoms with Gasteiger partial charge in [-0.25, -0.2) is 16.8 Å². The highest BCUT2D eigenvalue weighted by atomic mass is 32.2. The zero-order chi connectivity index (χ0) is 17.3. The molecule has 0 unspecified atom stereocenters. The molecule has 2 atom stereocenters. The number of hydrogen-bond acceptors (Lipinski definition) is 7. The number of carbonyl (C=O) groups is 1. The maximum absolute atomic E-state index is 12.7. The number of benzene rings is 1. The van der Waals surface area contributed by atoms with Gasteiger partial charge in [-0.2, -0.15) is 0 Å². The Balaban J connectivity index is 2.29. The fourth-order valence-corrected chi connectivity index (χ4v) is 7.22. The van der Waals surface area contributed by atoms with E-state index in [4.69, 9.17) is 0 Å². The quantitative estimate of drug-likeness (QED) is 0.717. The zero-order valence-corrected chi connectivity index (χ0v) is 14.5. The highest BCUT2D eigenvalue weighted by molar-refractivity contribution is 7.96. The van der Waals surface area contributed by atoms with Crippen molar-refractivity contribution in [3.8, 4) is 0 Å². The van der Waals surface area contributed by atoms with Crippen LogP contribution in [0.1, 0.15) is 5.56 Å². The molecule has 1 aromatic rings. The molecule has 1 fully saturated rings. The minimum absolute atomic E-state index is 0.0788. The van der Waals surface area contributed by atoms with Crippen LogP contribution in [0, 0.1) is 6.92 Å². The number of ether oxygens (including phenoxy) is 1. The van der Waals surface area contributed by atoms with Crippen molar-refractivity contribution in [3.05, 3.63) is 29.8 Å². The highest BCUT2D eigenvalue weighted by Crippen LogP contribution is 2.26. The number of methoxy groups -OCH3 is 1. The van der Waals surface area contributed by atoms with E-state index >= 15 is 0 Å². The largest absolute Gasteiger partial charge is 0.468 e. The number of sulfone groups is 2. The first-order chi connectivity index (χ1) is 10.7. The summed E-state index contributed by atoms with van der Waals surface area (Å²) in [6, 6.07) is 5.41. The van der Waals surface area contributed by atoms with Gasteiger partial charge in [0.2, 0.25) is 0 Å². The van der Waals surface area contributed by atoms with Crippen LogP contribution in [-0.2, 0) is 29.2 Å². The second-order valence-corrected chi connectivity index (χ2v) is 9.86. The molecule has 1 aliphatic heterocycles. The van der Waals surface area contributed by atoms with E-state index in [0.29, 0.717) is 0 Å². The third-order valence-electron chi connectivity index (χ3n) is 3.78. The van der Waals surface area contributed by atoms with Crippen LogP contribution in [0.25, 0.3) is 0 Å². The van der Waals surface area contributed by atoms with Crippen LogP contribution < -0.4 is 5.32 Å². The first-order valence-corrected chi connectivity index (χ1v) is 10.3. The normalized spacial score (nSPS) is 23.6. The molecule has 9 heteroatoms. The lowest BCUT2D eigenvalue weighted by molar-refractivity contribution is -0.139. The number of aryl methyl sites for hydroxylation is 1. The van der Waals surface area contributed by atoms with Crippen molar-refractivity contribution >= 4 is 25.6 Å². The summed E-state index contributed by atoms with van der Waals surface area (Å²) in [5, 5.41) is 1.57. The second kappa shape index (κ2) is 6.58. The Bertz CT molecular complexity index is 783. The molecule has 1 N–H and O–H groups in total. The molecule has 7 nitrogen and oxygen atoms in total. The molecule has 0 aromatic heterocycles. The molecular weight excluding hydrogens is 342 g/mol. The van der Waals surface area contributed by atoms with Gasteiger partial charge in [0, 0.05) is 6.04 Å². The molecule has 1 saturated heterocycles. The molecule has 0 spiro atoms. The van der Waals surface area contributed by atoms with E-state index in [9.17, 15) is 21.6 Å². The van der Waals surface area contributed by atoms with Crippen LogP contribution in [0.3, 0.4) is 0 Å². The average Bonchev–Trinajstić information content (AvgIpc) is 2.81. The smallest absolute Gasteiger partial charge is 0.319 e. The number of esters is 1. The minimum atomic E-state index is -3.82. The summed E-state index contributed by atoms with van der Waals surface area (Å²) < 4.78 is 53.7. The molecule has 1 aliphatic rings. The fourth-order valence-electron chi connectivity index (χ4n) is 2.50. The Morgan fingerprint density at radius 2 is 1.87 bits per heavy atom. The van der Waals surface area contributed by atoms with Gasteiger partial charge in [-0.15, -0.1) is 0 Å². The van der Waals surface area contributed by atoms with Gasteiger partial charge in [-0.1, -0.05) is 17.7 Å². The van der Waals surface area contributed by atoms with E-state index in [1.54, 1.807) is 12.1 Å². The van der Waals surface area contributed by atoms with E-state index in [1.807, 2.05) is 6.92 Å². The van der Waals surface area contributed by atoms with Crippen LogP contribution in [-0.4, -0.2) is 59.3 Å². The van der Waals surface area contributed by atoms with Gasteiger partial charge in [0.25, 0.3) is 0 Å². The van der Waals surface area contributed by atoms with Gasteiger partial charge in [0.05, 0.1) is 35.3 Å². The lowest BCUT2D eigenvalue weighted by Crippen LogP contribution is -2.45. The summed E-state index contributed by atoms with van der Waals surface area (Å²) >= 11 is 0. The number of carbonyl (C=O) groups excluding carboxylic acids is 1. The molecule has 128 valence electrons. The molecule has 1 aromatic carbocycles. The van der Waals surface area contributed by atoms with Crippen LogP contribution in [0.4, 0.5) is 0 Å². The van der Waals surface area contributed by atoms with E-state index in [-0.39, 0.29) is 17.2 Å². The van der Waals surface area contributed by atoms with E-state index in [2.05, 4.69) is 10.1 Å². The molecule has 0 amide bonds. The molecule has 0 radical (unpaired) electrons. The maximum Gasteiger partial charge on any atom is 0.319 e. The molecule has 0 aliphatic carbocycles. The van der Waals surface area contributed by atoms with Gasteiger partial charge < -0.3 is 10.1 Å². The Morgan fingerprint density at radius 3 is 2.43 bits per heavy atom. The first-order valence-electron chi connectivity index (χ1n) is 6.97. The third-order valence-corrected chi connectivity index (χ3v) is 7.95. The number of hydrogen-bond donors (Lipinski definition) is 1. The van der Waals surface area contributed by atoms with Gasteiger partial charge >= 0.3 is 5.97 Å². The minimum Gasteiger partial charge on any atom is -0.468 e. The monoisotopic (exact) mass is 361 g/mol. The van der Waals surface area contributed by atoms with Crippen molar-refractivity contribution in [1.29, 1.82) is 0 Å². The third kappa shape index (κ3) is 4.10. The van der Waals surface area contributed by atoms with E-state index in [0.717, 1.165) is 5.56 Å². The van der Waals surface area contributed by atoms with Crippen molar-refractivity contribution in [3.63, 3.8) is 0 Å². The molecular formula is C14H19NO6S2. The summed E-state index contributed by atoms with van der Waals surface area (Å²) in [5.41, 5.74) is 0.906. The fraction of sp³-hybridized carbons (Fsp3) is 0.500. The van der Waals surface area contributed by atoms with Crippen molar-refractivity contribution in [1.82, 2.24) is 5.32 Å². The lowest BCUT2D eigenvalue weighted by atomic mass is 10.2. The number of rotatable bonds is 5. The summed E-state index contributed by atoms with van der Waals surface area (Å²) in [5.74, 6) is -1.36. The molecule has 1 heterocycles. The summed E-state index contributed by atoms with van der Waals surface area (Å²) in [4.78, 5) is 11.3.